The number of methoxy groups -OCH3 is 1. The van der Waals surface area contributed by atoms with Crippen molar-refractivity contribution in [2.24, 2.45) is 5.73 Å². The summed E-state index contributed by atoms with van der Waals surface area (Å²) in [5.74, 6) is 1.16. The van der Waals surface area contributed by atoms with Gasteiger partial charge in [0.2, 0.25) is 5.75 Å². The molecule has 0 aliphatic heterocycles. The molecule has 0 radical (unpaired) electrons. The van der Waals surface area contributed by atoms with Crippen LogP contribution in [0.3, 0.4) is 0 Å². The number of nitro groups is 1. The van der Waals surface area contributed by atoms with Crippen LogP contribution in [0.5, 0.6) is 17.2 Å². The molecule has 0 aliphatic carbocycles. The molecule has 110 valence electrons. The summed E-state index contributed by atoms with van der Waals surface area (Å²) in [5.41, 5.74) is 6.47. The lowest BCUT2D eigenvalue weighted by atomic mass is 10.1. The molecule has 0 heterocycles. The first kappa shape index (κ1) is 14.8. The van der Waals surface area contributed by atoms with Gasteiger partial charge in [0.15, 0.2) is 0 Å². The highest BCUT2D eigenvalue weighted by Gasteiger charge is 2.16. The molecular weight excluding hydrogens is 272 g/mol. The molecule has 0 unspecified atom stereocenters. The number of hydrogen-bond acceptors (Lipinski definition) is 5. The van der Waals surface area contributed by atoms with Gasteiger partial charge in [-0.15, -0.1) is 0 Å². The summed E-state index contributed by atoms with van der Waals surface area (Å²) in [4.78, 5) is 10.5. The highest BCUT2D eigenvalue weighted by Crippen LogP contribution is 2.34. The first-order valence-corrected chi connectivity index (χ1v) is 6.43. The molecule has 0 aromatic heterocycles. The molecule has 2 N–H and O–H groups in total. The lowest BCUT2D eigenvalue weighted by Gasteiger charge is -2.08. The minimum Gasteiger partial charge on any atom is -0.497 e. The van der Waals surface area contributed by atoms with Crippen molar-refractivity contribution < 1.29 is 14.4 Å². The van der Waals surface area contributed by atoms with Gasteiger partial charge in [-0.05, 0) is 36.7 Å². The molecule has 2 aromatic carbocycles. The molecule has 0 atom stereocenters. The summed E-state index contributed by atoms with van der Waals surface area (Å²) in [6.07, 6.45) is 0.777. The van der Waals surface area contributed by atoms with Gasteiger partial charge in [0.25, 0.3) is 0 Å². The predicted molar refractivity (Wildman–Crippen MR) is 78.9 cm³/mol. The number of nitro benzene ring substituents is 1. The SMILES string of the molecule is COc1ccc([N+](=O)[O-])c(Oc2ccc(CCN)cc2)c1. The van der Waals surface area contributed by atoms with Gasteiger partial charge in [-0.25, -0.2) is 0 Å². The molecule has 0 saturated carbocycles. The molecule has 0 spiro atoms. The Kier molecular flexibility index (Phi) is 4.73. The lowest BCUT2D eigenvalue weighted by Crippen LogP contribution is -2.02. The number of rotatable bonds is 6. The predicted octanol–water partition coefficient (Wildman–Crippen LogP) is 2.90. The first-order chi connectivity index (χ1) is 10.1. The zero-order valence-electron chi connectivity index (χ0n) is 11.6. The van der Waals surface area contributed by atoms with Crippen molar-refractivity contribution in [3.05, 3.63) is 58.1 Å². The smallest absolute Gasteiger partial charge is 0.311 e. The van der Waals surface area contributed by atoms with Crippen molar-refractivity contribution in [2.45, 2.75) is 6.42 Å². The van der Waals surface area contributed by atoms with Crippen LogP contribution in [0.15, 0.2) is 42.5 Å². The number of nitrogens with zero attached hydrogens (tertiary/aromatic N) is 1. The Bertz CT molecular complexity index is 626. The average molecular weight is 288 g/mol. The van der Waals surface area contributed by atoms with Crippen molar-refractivity contribution in [3.63, 3.8) is 0 Å². The largest absolute Gasteiger partial charge is 0.497 e. The Morgan fingerprint density at radius 3 is 2.38 bits per heavy atom. The van der Waals surface area contributed by atoms with E-state index in [4.69, 9.17) is 15.2 Å². The highest BCUT2D eigenvalue weighted by atomic mass is 16.6. The fourth-order valence-corrected chi connectivity index (χ4v) is 1.87. The van der Waals surface area contributed by atoms with Gasteiger partial charge in [-0.1, -0.05) is 12.1 Å². The average Bonchev–Trinajstić information content (AvgIpc) is 2.49. The zero-order chi connectivity index (χ0) is 15.2. The summed E-state index contributed by atoms with van der Waals surface area (Å²) in [5, 5.41) is 11.0. The van der Waals surface area contributed by atoms with Gasteiger partial charge in [0.05, 0.1) is 12.0 Å². The van der Waals surface area contributed by atoms with Crippen LogP contribution < -0.4 is 15.2 Å². The van der Waals surface area contributed by atoms with E-state index in [0.717, 1.165) is 12.0 Å². The van der Waals surface area contributed by atoms with E-state index in [1.165, 1.54) is 25.3 Å². The van der Waals surface area contributed by atoms with Crippen LogP contribution in [0.4, 0.5) is 5.69 Å². The Labute approximate surface area is 122 Å². The molecule has 0 fully saturated rings. The third-order valence-electron chi connectivity index (χ3n) is 2.95. The van der Waals surface area contributed by atoms with Crippen LogP contribution in [0.25, 0.3) is 0 Å². The molecular formula is C15H16N2O4. The van der Waals surface area contributed by atoms with Crippen LogP contribution in [0.2, 0.25) is 0 Å². The zero-order valence-corrected chi connectivity index (χ0v) is 11.6. The second-order valence-electron chi connectivity index (χ2n) is 4.38. The van der Waals surface area contributed by atoms with E-state index in [1.54, 1.807) is 12.1 Å². The molecule has 2 aromatic rings. The topological polar surface area (TPSA) is 87.6 Å². The van der Waals surface area contributed by atoms with E-state index in [1.807, 2.05) is 12.1 Å². The van der Waals surface area contributed by atoms with Crippen LogP contribution in [-0.4, -0.2) is 18.6 Å². The summed E-state index contributed by atoms with van der Waals surface area (Å²) < 4.78 is 10.7. The maximum absolute atomic E-state index is 11.0. The fraction of sp³-hybridized carbons (Fsp3) is 0.200. The van der Waals surface area contributed by atoms with Gasteiger partial charge in [-0.2, -0.15) is 0 Å². The minimum atomic E-state index is -0.489. The Morgan fingerprint density at radius 1 is 1.14 bits per heavy atom. The van der Waals surface area contributed by atoms with Crippen LogP contribution in [-0.2, 0) is 6.42 Å². The lowest BCUT2D eigenvalue weighted by molar-refractivity contribution is -0.385. The number of ether oxygens (including phenoxy) is 2. The summed E-state index contributed by atoms with van der Waals surface area (Å²) >= 11 is 0. The molecule has 0 aliphatic rings. The Hall–Kier alpha value is -2.60. The summed E-state index contributed by atoms with van der Waals surface area (Å²) in [7, 11) is 1.49. The number of hydrogen-bond donors (Lipinski definition) is 1. The van der Waals surface area contributed by atoms with E-state index in [9.17, 15) is 10.1 Å². The number of nitrogens with two attached hydrogens (primary N) is 1. The van der Waals surface area contributed by atoms with Gasteiger partial charge < -0.3 is 15.2 Å². The fourth-order valence-electron chi connectivity index (χ4n) is 1.87. The van der Waals surface area contributed by atoms with Gasteiger partial charge in [0, 0.05) is 12.1 Å². The molecule has 0 bridgehead atoms. The normalized spacial score (nSPS) is 10.2. The van der Waals surface area contributed by atoms with Crippen LogP contribution in [0, 0.1) is 10.1 Å². The van der Waals surface area contributed by atoms with Crippen molar-refractivity contribution in [2.75, 3.05) is 13.7 Å². The standard InChI is InChI=1S/C15H16N2O4/c1-20-13-6-7-14(17(18)19)15(10-13)21-12-4-2-11(3-5-12)8-9-16/h2-7,10H,8-9,16H2,1H3. The minimum absolute atomic E-state index is 0.109. The second kappa shape index (κ2) is 6.71. The maximum atomic E-state index is 11.0. The third-order valence-corrected chi connectivity index (χ3v) is 2.95. The monoisotopic (exact) mass is 288 g/mol. The summed E-state index contributed by atoms with van der Waals surface area (Å²) in [6, 6.07) is 11.7. The van der Waals surface area contributed by atoms with Crippen molar-refractivity contribution in [3.8, 4) is 17.2 Å². The molecule has 6 heteroatoms. The van der Waals surface area contributed by atoms with Crippen molar-refractivity contribution in [1.82, 2.24) is 0 Å². The van der Waals surface area contributed by atoms with Gasteiger partial charge in [-0.3, -0.25) is 10.1 Å². The third kappa shape index (κ3) is 3.70. The van der Waals surface area contributed by atoms with Crippen LogP contribution in [0.1, 0.15) is 5.56 Å². The van der Waals surface area contributed by atoms with Crippen molar-refractivity contribution >= 4 is 5.69 Å². The highest BCUT2D eigenvalue weighted by molar-refractivity contribution is 5.52. The summed E-state index contributed by atoms with van der Waals surface area (Å²) in [6.45, 7) is 0.571. The van der Waals surface area contributed by atoms with Crippen LogP contribution >= 0.6 is 0 Å². The molecule has 21 heavy (non-hydrogen) atoms. The maximum Gasteiger partial charge on any atom is 0.311 e. The molecule has 0 amide bonds. The first-order valence-electron chi connectivity index (χ1n) is 6.43. The molecule has 6 nitrogen and oxygen atoms in total. The van der Waals surface area contributed by atoms with Gasteiger partial charge >= 0.3 is 5.69 Å². The number of benzene rings is 2. The molecule has 2 rings (SSSR count). The van der Waals surface area contributed by atoms with E-state index in [-0.39, 0.29) is 11.4 Å². The van der Waals surface area contributed by atoms with E-state index >= 15 is 0 Å². The van der Waals surface area contributed by atoms with E-state index in [0.29, 0.717) is 18.0 Å². The Balaban J connectivity index is 2.26. The van der Waals surface area contributed by atoms with E-state index in [2.05, 4.69) is 0 Å². The quantitative estimate of drug-likeness (QED) is 0.652. The molecule has 0 saturated heterocycles. The Morgan fingerprint density at radius 2 is 1.81 bits per heavy atom. The van der Waals surface area contributed by atoms with Crippen molar-refractivity contribution in [1.29, 1.82) is 0 Å². The van der Waals surface area contributed by atoms with Gasteiger partial charge in [0.1, 0.15) is 11.5 Å². The van der Waals surface area contributed by atoms with E-state index < -0.39 is 4.92 Å². The second-order valence-corrected chi connectivity index (χ2v) is 4.38.